The fourth-order valence-corrected chi connectivity index (χ4v) is 3.74. The van der Waals surface area contributed by atoms with Gasteiger partial charge in [-0.25, -0.2) is 4.79 Å². The number of carbonyl (C=O) groups excluding carboxylic acids is 3. The Bertz CT molecular complexity index is 909. The maximum absolute atomic E-state index is 13.1. The van der Waals surface area contributed by atoms with Gasteiger partial charge in [-0.2, -0.15) is 0 Å². The summed E-state index contributed by atoms with van der Waals surface area (Å²) in [6.07, 6.45) is 0.152. The number of nitrogens with two attached hydrogens (primary N) is 1. The number of benzene rings is 2. The van der Waals surface area contributed by atoms with E-state index in [0.29, 0.717) is 30.6 Å². The van der Waals surface area contributed by atoms with Gasteiger partial charge in [0.1, 0.15) is 0 Å². The van der Waals surface area contributed by atoms with Gasteiger partial charge < -0.3 is 20.7 Å². The van der Waals surface area contributed by atoms with Crippen LogP contribution >= 0.6 is 0 Å². The lowest BCUT2D eigenvalue weighted by Gasteiger charge is -2.31. The van der Waals surface area contributed by atoms with E-state index in [1.807, 2.05) is 38.1 Å². The van der Waals surface area contributed by atoms with E-state index < -0.39 is 29.9 Å². The van der Waals surface area contributed by atoms with Crippen LogP contribution < -0.4 is 11.1 Å². The van der Waals surface area contributed by atoms with Gasteiger partial charge in [-0.15, -0.1) is 0 Å². The molecular weight excluding hydrogens is 382 g/mol. The lowest BCUT2D eigenvalue weighted by Crippen LogP contribution is -2.45. The van der Waals surface area contributed by atoms with Gasteiger partial charge in [0.05, 0.1) is 5.92 Å². The third kappa shape index (κ3) is 5.37. The van der Waals surface area contributed by atoms with Crippen LogP contribution in [0.25, 0.3) is 0 Å². The Morgan fingerprint density at radius 3 is 2.40 bits per heavy atom. The average molecular weight is 409 g/mol. The number of nitrogens with one attached hydrogen (secondary N) is 1. The molecular formula is C23H27N3O4. The number of anilines is 1. The molecule has 0 bridgehead atoms. The van der Waals surface area contributed by atoms with Gasteiger partial charge in [-0.3, -0.25) is 9.59 Å². The predicted octanol–water partition coefficient (Wildman–Crippen LogP) is 3.32. The molecule has 0 spiro atoms. The number of urea groups is 1. The number of ether oxygens (including phenoxy) is 1. The highest BCUT2D eigenvalue weighted by Crippen LogP contribution is 2.25. The van der Waals surface area contributed by atoms with E-state index in [-0.39, 0.29) is 6.54 Å². The van der Waals surface area contributed by atoms with Crippen molar-refractivity contribution in [2.75, 3.05) is 18.4 Å². The summed E-state index contributed by atoms with van der Waals surface area (Å²) in [5, 5.41) is 2.86. The maximum Gasteiger partial charge on any atom is 0.314 e. The molecule has 1 aliphatic rings. The van der Waals surface area contributed by atoms with Crippen LogP contribution in [-0.2, 0) is 14.3 Å². The van der Waals surface area contributed by atoms with Crippen LogP contribution in [0, 0.1) is 19.8 Å². The summed E-state index contributed by atoms with van der Waals surface area (Å²) in [5.41, 5.74) is 8.62. The van der Waals surface area contributed by atoms with Crippen molar-refractivity contribution >= 4 is 23.6 Å². The van der Waals surface area contributed by atoms with E-state index in [2.05, 4.69) is 5.32 Å². The number of nitrogens with zero attached hydrogens (tertiary/aromatic N) is 1. The lowest BCUT2D eigenvalue weighted by molar-refractivity contribution is -0.160. The zero-order valence-corrected chi connectivity index (χ0v) is 17.3. The average Bonchev–Trinajstić information content (AvgIpc) is 2.71. The molecule has 3 N–H and O–H groups in total. The smallest absolute Gasteiger partial charge is 0.314 e. The Kier molecular flexibility index (Phi) is 6.72. The van der Waals surface area contributed by atoms with Crippen LogP contribution in [-0.4, -0.2) is 35.9 Å². The van der Waals surface area contributed by atoms with Crippen molar-refractivity contribution in [3.05, 3.63) is 65.2 Å². The SMILES string of the molecule is Cc1cc(C)cc(NC(=O)[C@@H](OC(=O)[C@@H]2CCCN(C(N)=O)C2)c2ccccc2)c1. The molecule has 158 valence electrons. The van der Waals surface area contributed by atoms with Crippen molar-refractivity contribution in [1.29, 1.82) is 0 Å². The molecule has 2 aromatic rings. The number of piperidine rings is 1. The first-order valence-electron chi connectivity index (χ1n) is 10.0. The predicted molar refractivity (Wildman–Crippen MR) is 114 cm³/mol. The molecule has 0 saturated carbocycles. The number of hydrogen-bond donors (Lipinski definition) is 2. The zero-order chi connectivity index (χ0) is 21.7. The third-order valence-electron chi connectivity index (χ3n) is 5.13. The van der Waals surface area contributed by atoms with Crippen LogP contribution in [0.1, 0.15) is 35.6 Å². The summed E-state index contributed by atoms with van der Waals surface area (Å²) in [6.45, 7) is 4.62. The molecule has 7 nitrogen and oxygen atoms in total. The van der Waals surface area contributed by atoms with E-state index in [0.717, 1.165) is 11.1 Å². The number of rotatable bonds is 5. The van der Waals surface area contributed by atoms with E-state index in [4.69, 9.17) is 10.5 Å². The normalized spacial score (nSPS) is 17.1. The Balaban J connectivity index is 1.78. The standard InChI is InChI=1S/C23H27N3O4/c1-15-11-16(2)13-19(12-15)25-21(27)20(17-7-4-3-5-8-17)30-22(28)18-9-6-10-26(14-18)23(24)29/h3-5,7-8,11-13,18,20H,6,9-10,14H2,1-2H3,(H2,24,29)(H,25,27)/t18-,20+/m1/s1. The molecule has 1 fully saturated rings. The Morgan fingerprint density at radius 1 is 1.10 bits per heavy atom. The second-order valence-corrected chi connectivity index (χ2v) is 7.72. The lowest BCUT2D eigenvalue weighted by atomic mass is 9.98. The van der Waals surface area contributed by atoms with Gasteiger partial charge >= 0.3 is 12.0 Å². The third-order valence-corrected chi connectivity index (χ3v) is 5.13. The summed E-state index contributed by atoms with van der Waals surface area (Å²) >= 11 is 0. The molecule has 3 rings (SSSR count). The van der Waals surface area contributed by atoms with Crippen LogP contribution in [0.2, 0.25) is 0 Å². The minimum absolute atomic E-state index is 0.203. The molecule has 2 aromatic carbocycles. The zero-order valence-electron chi connectivity index (χ0n) is 17.3. The quantitative estimate of drug-likeness (QED) is 0.740. The second kappa shape index (κ2) is 9.43. The summed E-state index contributed by atoms with van der Waals surface area (Å²) in [7, 11) is 0. The van der Waals surface area contributed by atoms with Gasteiger partial charge in [-0.05, 0) is 49.9 Å². The van der Waals surface area contributed by atoms with Crippen molar-refractivity contribution in [2.45, 2.75) is 32.8 Å². The summed E-state index contributed by atoms with van der Waals surface area (Å²) in [5.74, 6) is -1.45. The number of esters is 1. The first-order chi connectivity index (χ1) is 14.3. The molecule has 0 unspecified atom stereocenters. The topological polar surface area (TPSA) is 102 Å². The molecule has 30 heavy (non-hydrogen) atoms. The number of hydrogen-bond acceptors (Lipinski definition) is 4. The van der Waals surface area contributed by atoms with Crippen LogP contribution in [0.15, 0.2) is 48.5 Å². The minimum Gasteiger partial charge on any atom is -0.447 e. The number of amides is 3. The highest BCUT2D eigenvalue weighted by molar-refractivity contribution is 5.96. The van der Waals surface area contributed by atoms with Crippen molar-refractivity contribution in [3.8, 4) is 0 Å². The van der Waals surface area contributed by atoms with Gasteiger partial charge in [0, 0.05) is 24.3 Å². The molecule has 7 heteroatoms. The molecule has 0 radical (unpaired) electrons. The van der Waals surface area contributed by atoms with Crippen LogP contribution in [0.5, 0.6) is 0 Å². The molecule has 1 heterocycles. The van der Waals surface area contributed by atoms with Crippen LogP contribution in [0.4, 0.5) is 10.5 Å². The van der Waals surface area contributed by atoms with Crippen molar-refractivity contribution in [2.24, 2.45) is 11.7 Å². The number of likely N-dealkylation sites (tertiary alicyclic amines) is 1. The summed E-state index contributed by atoms with van der Waals surface area (Å²) in [4.78, 5) is 38.8. The molecule has 0 aromatic heterocycles. The molecule has 0 aliphatic carbocycles. The summed E-state index contributed by atoms with van der Waals surface area (Å²) < 4.78 is 5.67. The fraction of sp³-hybridized carbons (Fsp3) is 0.348. The van der Waals surface area contributed by atoms with Crippen molar-refractivity contribution in [3.63, 3.8) is 0 Å². The van der Waals surface area contributed by atoms with Crippen molar-refractivity contribution < 1.29 is 19.1 Å². The Morgan fingerprint density at radius 2 is 1.77 bits per heavy atom. The Labute approximate surface area is 176 Å². The van der Waals surface area contributed by atoms with E-state index in [9.17, 15) is 14.4 Å². The largest absolute Gasteiger partial charge is 0.447 e. The van der Waals surface area contributed by atoms with Gasteiger partial charge in [0.15, 0.2) is 0 Å². The van der Waals surface area contributed by atoms with Crippen molar-refractivity contribution in [1.82, 2.24) is 4.90 Å². The van der Waals surface area contributed by atoms with E-state index >= 15 is 0 Å². The van der Waals surface area contributed by atoms with Crippen LogP contribution in [0.3, 0.4) is 0 Å². The first-order valence-corrected chi connectivity index (χ1v) is 10.0. The van der Waals surface area contributed by atoms with E-state index in [1.165, 1.54) is 4.90 Å². The van der Waals surface area contributed by atoms with Gasteiger partial charge in [0.2, 0.25) is 6.10 Å². The molecule has 3 amide bonds. The Hall–Kier alpha value is -3.35. The number of aryl methyl sites for hydroxylation is 2. The number of primary amides is 1. The molecule has 2 atom stereocenters. The summed E-state index contributed by atoms with van der Waals surface area (Å²) in [6, 6.07) is 14.1. The first kappa shape index (κ1) is 21.4. The molecule has 1 aliphatic heterocycles. The highest BCUT2D eigenvalue weighted by atomic mass is 16.5. The second-order valence-electron chi connectivity index (χ2n) is 7.72. The maximum atomic E-state index is 13.1. The van der Waals surface area contributed by atoms with Gasteiger partial charge in [-0.1, -0.05) is 36.4 Å². The molecule has 1 saturated heterocycles. The monoisotopic (exact) mass is 409 g/mol. The number of carbonyl (C=O) groups is 3. The van der Waals surface area contributed by atoms with Gasteiger partial charge in [0.25, 0.3) is 5.91 Å². The fourth-order valence-electron chi connectivity index (χ4n) is 3.74. The highest BCUT2D eigenvalue weighted by Gasteiger charge is 2.33. The van der Waals surface area contributed by atoms with E-state index in [1.54, 1.807) is 24.3 Å². The minimum atomic E-state index is -1.09.